The van der Waals surface area contributed by atoms with Crippen molar-refractivity contribution in [1.82, 2.24) is 0 Å². The number of hydrogen-bond donors (Lipinski definition) is 1. The molecule has 0 saturated carbocycles. The van der Waals surface area contributed by atoms with Gasteiger partial charge < -0.3 is 19.5 Å². The fourth-order valence-electron chi connectivity index (χ4n) is 3.72. The summed E-state index contributed by atoms with van der Waals surface area (Å²) in [6, 6.07) is 12.2. The molecule has 3 rings (SSSR count). The minimum atomic E-state index is -1.35. The molecule has 2 aromatic rings. The molecule has 9 heteroatoms. The van der Waals surface area contributed by atoms with Gasteiger partial charge in [0, 0.05) is 33.4 Å². The summed E-state index contributed by atoms with van der Waals surface area (Å²) in [6.07, 6.45) is -3.84. The molecule has 1 aliphatic heterocycles. The Morgan fingerprint density at radius 2 is 1.82 bits per heavy atom. The predicted molar refractivity (Wildman–Crippen MR) is 129 cm³/mol. The second-order valence-corrected chi connectivity index (χ2v) is 10.2. The molecule has 3 atom stereocenters. The SMILES string of the molecule is C[C@H](OC(=O)C[C@H]1O[C@H](c2ccccc2Cl)c2cc(Cl)ccc2N(CC(C)(C)C)C1=O)C(=O)O. The highest BCUT2D eigenvalue weighted by Crippen LogP contribution is 2.42. The molecule has 34 heavy (non-hydrogen) atoms. The number of anilines is 1. The number of benzene rings is 2. The van der Waals surface area contributed by atoms with E-state index >= 15 is 0 Å². The van der Waals surface area contributed by atoms with E-state index in [4.69, 9.17) is 37.8 Å². The number of esters is 1. The van der Waals surface area contributed by atoms with Crippen molar-refractivity contribution < 1.29 is 29.0 Å². The molecule has 2 aromatic carbocycles. The first kappa shape index (κ1) is 26.0. The van der Waals surface area contributed by atoms with Gasteiger partial charge in [0.2, 0.25) is 0 Å². The lowest BCUT2D eigenvalue weighted by Crippen LogP contribution is -2.44. The summed E-state index contributed by atoms with van der Waals surface area (Å²) < 4.78 is 11.2. The van der Waals surface area contributed by atoms with E-state index in [1.54, 1.807) is 47.4 Å². The van der Waals surface area contributed by atoms with E-state index in [0.717, 1.165) is 0 Å². The van der Waals surface area contributed by atoms with Crippen LogP contribution in [0.15, 0.2) is 42.5 Å². The second-order valence-electron chi connectivity index (χ2n) is 9.39. The molecule has 1 heterocycles. The largest absolute Gasteiger partial charge is 0.479 e. The zero-order valence-corrected chi connectivity index (χ0v) is 20.9. The number of carboxylic acids is 1. The first-order valence-electron chi connectivity index (χ1n) is 10.8. The van der Waals surface area contributed by atoms with Crippen LogP contribution in [0.4, 0.5) is 5.69 Å². The van der Waals surface area contributed by atoms with E-state index in [0.29, 0.717) is 33.4 Å². The normalized spacial score (nSPS) is 19.2. The van der Waals surface area contributed by atoms with Gasteiger partial charge in [0.15, 0.2) is 6.10 Å². The molecule has 0 fully saturated rings. The first-order valence-corrected chi connectivity index (χ1v) is 11.6. The molecule has 0 aromatic heterocycles. The average Bonchev–Trinajstić information content (AvgIpc) is 2.83. The fraction of sp³-hybridized carbons (Fsp3) is 0.400. The van der Waals surface area contributed by atoms with E-state index in [-0.39, 0.29) is 5.41 Å². The molecular formula is C25H27Cl2NO6. The Balaban J connectivity index is 2.11. The number of amides is 1. The number of hydrogen-bond acceptors (Lipinski definition) is 5. The smallest absolute Gasteiger partial charge is 0.344 e. The Bertz CT molecular complexity index is 1100. The van der Waals surface area contributed by atoms with Crippen LogP contribution in [0.5, 0.6) is 0 Å². The summed E-state index contributed by atoms with van der Waals surface area (Å²) in [7, 11) is 0. The van der Waals surface area contributed by atoms with Crippen LogP contribution < -0.4 is 4.90 Å². The minimum Gasteiger partial charge on any atom is -0.479 e. The molecule has 0 radical (unpaired) electrons. The van der Waals surface area contributed by atoms with Gasteiger partial charge in [-0.2, -0.15) is 0 Å². The van der Waals surface area contributed by atoms with Gasteiger partial charge in [-0.3, -0.25) is 9.59 Å². The van der Waals surface area contributed by atoms with Crippen LogP contribution in [0, 0.1) is 5.41 Å². The molecule has 0 unspecified atom stereocenters. The van der Waals surface area contributed by atoms with Gasteiger partial charge in [0.05, 0.1) is 6.42 Å². The summed E-state index contributed by atoms with van der Waals surface area (Å²) in [6.45, 7) is 7.56. The third-order valence-corrected chi connectivity index (χ3v) is 5.81. The molecule has 1 N–H and O–H groups in total. The average molecular weight is 508 g/mol. The third-order valence-electron chi connectivity index (χ3n) is 5.23. The highest BCUT2D eigenvalue weighted by molar-refractivity contribution is 6.31. The third kappa shape index (κ3) is 6.09. The Morgan fingerprint density at radius 1 is 1.15 bits per heavy atom. The van der Waals surface area contributed by atoms with Crippen molar-refractivity contribution in [3.05, 3.63) is 63.6 Å². The summed E-state index contributed by atoms with van der Waals surface area (Å²) in [5, 5.41) is 9.94. The topological polar surface area (TPSA) is 93.1 Å². The zero-order valence-electron chi connectivity index (χ0n) is 19.4. The monoisotopic (exact) mass is 507 g/mol. The summed E-state index contributed by atoms with van der Waals surface area (Å²) in [4.78, 5) is 38.9. The molecule has 0 saturated heterocycles. The van der Waals surface area contributed by atoms with Gasteiger partial charge in [0.25, 0.3) is 5.91 Å². The summed E-state index contributed by atoms with van der Waals surface area (Å²) in [5.74, 6) is -2.58. The highest BCUT2D eigenvalue weighted by atomic mass is 35.5. The number of fused-ring (bicyclic) bond motifs is 1. The lowest BCUT2D eigenvalue weighted by Gasteiger charge is -2.31. The lowest BCUT2D eigenvalue weighted by molar-refractivity contribution is -0.165. The Morgan fingerprint density at radius 3 is 2.44 bits per heavy atom. The maximum atomic E-state index is 13.7. The number of carbonyl (C=O) groups excluding carboxylic acids is 2. The fourth-order valence-corrected chi connectivity index (χ4v) is 4.13. The van der Waals surface area contributed by atoms with Crippen LogP contribution in [0.3, 0.4) is 0 Å². The van der Waals surface area contributed by atoms with Crippen LogP contribution in [0.25, 0.3) is 0 Å². The van der Waals surface area contributed by atoms with E-state index in [2.05, 4.69) is 0 Å². The number of carboxylic acid groups (broad SMARTS) is 1. The van der Waals surface area contributed by atoms with E-state index in [9.17, 15) is 14.4 Å². The minimum absolute atomic E-state index is 0.278. The number of carbonyl (C=O) groups is 3. The molecule has 0 spiro atoms. The van der Waals surface area contributed by atoms with Gasteiger partial charge in [0.1, 0.15) is 12.2 Å². The maximum Gasteiger partial charge on any atom is 0.344 e. The Labute approximate surface area is 208 Å². The molecule has 1 aliphatic rings. The quantitative estimate of drug-likeness (QED) is 0.535. The molecule has 0 bridgehead atoms. The number of nitrogens with zero attached hydrogens (tertiary/aromatic N) is 1. The van der Waals surface area contributed by atoms with Crippen molar-refractivity contribution in [3.8, 4) is 0 Å². The van der Waals surface area contributed by atoms with Crippen molar-refractivity contribution in [2.75, 3.05) is 11.4 Å². The number of rotatable bonds is 6. The van der Waals surface area contributed by atoms with Gasteiger partial charge in [-0.15, -0.1) is 0 Å². The molecule has 0 aliphatic carbocycles. The van der Waals surface area contributed by atoms with E-state index < -0.39 is 42.6 Å². The van der Waals surface area contributed by atoms with Crippen molar-refractivity contribution in [3.63, 3.8) is 0 Å². The summed E-state index contributed by atoms with van der Waals surface area (Å²) in [5.41, 5.74) is 1.56. The first-order chi connectivity index (χ1) is 15.9. The standard InChI is InChI=1S/C25H27Cl2NO6/c1-14(24(31)32)33-21(29)12-20-23(30)28(13-25(2,3)4)19-10-9-15(26)11-17(19)22(34-20)16-7-5-6-8-18(16)27/h5-11,14,20,22H,12-13H2,1-4H3,(H,31,32)/t14-,20+,22+/m0/s1. The van der Waals surface area contributed by atoms with Crippen LogP contribution in [0.1, 0.15) is 51.3 Å². The van der Waals surface area contributed by atoms with Gasteiger partial charge in [-0.1, -0.05) is 62.2 Å². The van der Waals surface area contributed by atoms with E-state index in [1.165, 1.54) is 6.92 Å². The Hall–Kier alpha value is -2.61. The number of ether oxygens (including phenoxy) is 2. The van der Waals surface area contributed by atoms with Crippen LogP contribution in [0.2, 0.25) is 10.0 Å². The van der Waals surface area contributed by atoms with Gasteiger partial charge in [-0.25, -0.2) is 4.79 Å². The van der Waals surface area contributed by atoms with E-state index in [1.807, 2.05) is 20.8 Å². The predicted octanol–water partition coefficient (Wildman–Crippen LogP) is 5.27. The molecule has 7 nitrogen and oxygen atoms in total. The summed E-state index contributed by atoms with van der Waals surface area (Å²) >= 11 is 12.8. The van der Waals surface area contributed by atoms with Crippen molar-refractivity contribution in [2.24, 2.45) is 5.41 Å². The van der Waals surface area contributed by atoms with Crippen molar-refractivity contribution in [1.29, 1.82) is 0 Å². The van der Waals surface area contributed by atoms with Crippen molar-refractivity contribution in [2.45, 2.75) is 52.4 Å². The highest BCUT2D eigenvalue weighted by Gasteiger charge is 2.40. The maximum absolute atomic E-state index is 13.7. The number of halogens is 2. The number of aliphatic carboxylic acids is 1. The lowest BCUT2D eigenvalue weighted by atomic mass is 9.94. The Kier molecular flexibility index (Phi) is 7.91. The molecule has 182 valence electrons. The van der Waals surface area contributed by atoms with Crippen LogP contribution >= 0.6 is 23.2 Å². The van der Waals surface area contributed by atoms with Crippen LogP contribution in [-0.4, -0.2) is 41.7 Å². The van der Waals surface area contributed by atoms with Gasteiger partial charge >= 0.3 is 11.9 Å². The van der Waals surface area contributed by atoms with Gasteiger partial charge in [-0.05, 0) is 36.6 Å². The van der Waals surface area contributed by atoms with Crippen LogP contribution in [-0.2, 0) is 23.9 Å². The molecule has 1 amide bonds. The zero-order chi connectivity index (χ0) is 25.2. The second kappa shape index (κ2) is 10.3. The molecular weight excluding hydrogens is 481 g/mol. The van der Waals surface area contributed by atoms with Crippen molar-refractivity contribution >= 4 is 46.7 Å².